The maximum Gasteiger partial charge on any atom is 0.317 e. The van der Waals surface area contributed by atoms with Crippen LogP contribution in [0, 0.1) is 0 Å². The van der Waals surface area contributed by atoms with E-state index in [1.165, 1.54) is 29.0 Å². The summed E-state index contributed by atoms with van der Waals surface area (Å²) in [7, 11) is 1.54. The molecule has 0 saturated carbocycles. The van der Waals surface area contributed by atoms with Gasteiger partial charge in [0.15, 0.2) is 0 Å². The largest absolute Gasteiger partial charge is 0.508 e. The number of benzene rings is 3. The van der Waals surface area contributed by atoms with Gasteiger partial charge in [-0.1, -0.05) is 48.5 Å². The molecule has 3 rings (SSSR count). The smallest absolute Gasteiger partial charge is 0.317 e. The number of amides is 2. The van der Waals surface area contributed by atoms with Crippen molar-refractivity contribution in [3.05, 3.63) is 90.5 Å². The normalized spacial score (nSPS) is 10.3. The molecule has 2 amide bonds. The lowest BCUT2D eigenvalue weighted by molar-refractivity contribution is -0.135. The number of likely N-dealkylation sites (N-methyl/N-ethyl adjacent to an activating group) is 1. The first-order valence-corrected chi connectivity index (χ1v) is 8.54. The predicted octanol–water partition coefficient (Wildman–Crippen LogP) is 3.59. The Hall–Kier alpha value is -3.60. The fourth-order valence-corrected chi connectivity index (χ4v) is 2.71. The van der Waals surface area contributed by atoms with Crippen molar-refractivity contribution in [2.45, 2.75) is 6.54 Å². The van der Waals surface area contributed by atoms with Gasteiger partial charge in [0.2, 0.25) is 0 Å². The van der Waals surface area contributed by atoms with Crippen molar-refractivity contribution >= 4 is 23.2 Å². The van der Waals surface area contributed by atoms with E-state index in [2.05, 4.69) is 0 Å². The quantitative estimate of drug-likeness (QED) is 0.724. The zero-order valence-corrected chi connectivity index (χ0v) is 14.9. The number of hydrogen-bond acceptors (Lipinski definition) is 3. The molecule has 5 heteroatoms. The minimum absolute atomic E-state index is 0.0981. The fraction of sp³-hybridized carbons (Fsp3) is 0.0909. The minimum Gasteiger partial charge on any atom is -0.508 e. The van der Waals surface area contributed by atoms with Crippen LogP contribution >= 0.6 is 0 Å². The molecule has 3 aromatic rings. The minimum atomic E-state index is -0.652. The van der Waals surface area contributed by atoms with Gasteiger partial charge in [-0.15, -0.1) is 0 Å². The molecule has 5 nitrogen and oxygen atoms in total. The van der Waals surface area contributed by atoms with E-state index in [9.17, 15) is 14.7 Å². The Morgan fingerprint density at radius 2 is 1.30 bits per heavy atom. The molecule has 0 atom stereocenters. The Balaban J connectivity index is 1.87. The fourth-order valence-electron chi connectivity index (χ4n) is 2.71. The number of carbonyl (C=O) groups excluding carboxylic acids is 2. The molecule has 0 aromatic heterocycles. The van der Waals surface area contributed by atoms with Gasteiger partial charge in [0, 0.05) is 18.4 Å². The number of anilines is 2. The van der Waals surface area contributed by atoms with Gasteiger partial charge in [-0.3, -0.25) is 14.5 Å². The van der Waals surface area contributed by atoms with Gasteiger partial charge in [-0.2, -0.15) is 0 Å². The number of phenolic OH excluding ortho intramolecular Hbond substituents is 1. The molecule has 1 N–H and O–H groups in total. The van der Waals surface area contributed by atoms with Gasteiger partial charge in [0.05, 0.1) is 6.54 Å². The van der Waals surface area contributed by atoms with Crippen molar-refractivity contribution in [2.24, 2.45) is 0 Å². The van der Waals surface area contributed by atoms with Gasteiger partial charge in [-0.05, 0) is 42.0 Å². The SMILES string of the molecule is CN(C(=O)C(=O)N(Cc1ccccc1)c1ccccc1)c1ccc(O)cc1. The third-order valence-corrected chi connectivity index (χ3v) is 4.22. The second kappa shape index (κ2) is 8.19. The molecule has 0 radical (unpaired) electrons. The first-order chi connectivity index (χ1) is 13.1. The summed E-state index contributed by atoms with van der Waals surface area (Å²) in [5.74, 6) is -1.18. The van der Waals surface area contributed by atoms with E-state index in [0.717, 1.165) is 5.56 Å². The standard InChI is InChI=1S/C22H20N2O3/c1-23(18-12-14-20(25)15-13-18)21(26)22(27)24(19-10-6-3-7-11-19)16-17-8-4-2-5-9-17/h2-15,25H,16H2,1H3. The van der Waals surface area contributed by atoms with Crippen LogP contribution < -0.4 is 9.80 Å². The average Bonchev–Trinajstić information content (AvgIpc) is 2.72. The van der Waals surface area contributed by atoms with Crippen molar-refractivity contribution in [1.29, 1.82) is 0 Å². The lowest BCUT2D eigenvalue weighted by atomic mass is 10.2. The van der Waals surface area contributed by atoms with Gasteiger partial charge in [-0.25, -0.2) is 0 Å². The number of rotatable bonds is 4. The number of phenols is 1. The summed E-state index contributed by atoms with van der Waals surface area (Å²) < 4.78 is 0. The Morgan fingerprint density at radius 1 is 0.741 bits per heavy atom. The highest BCUT2D eigenvalue weighted by molar-refractivity contribution is 6.44. The molecule has 0 aliphatic carbocycles. The predicted molar refractivity (Wildman–Crippen MR) is 106 cm³/mol. The van der Waals surface area contributed by atoms with E-state index in [1.54, 1.807) is 24.3 Å². The maximum atomic E-state index is 13.0. The summed E-state index contributed by atoms with van der Waals surface area (Å²) in [6, 6.07) is 24.8. The molecule has 3 aromatic carbocycles. The summed E-state index contributed by atoms with van der Waals surface area (Å²) in [5.41, 5.74) is 2.10. The molecule has 0 spiro atoms. The first kappa shape index (κ1) is 18.2. The van der Waals surface area contributed by atoms with E-state index >= 15 is 0 Å². The Morgan fingerprint density at radius 3 is 1.89 bits per heavy atom. The molecule has 0 saturated heterocycles. The van der Waals surface area contributed by atoms with Crippen LogP contribution in [0.1, 0.15) is 5.56 Å². The maximum absolute atomic E-state index is 13.0. The van der Waals surface area contributed by atoms with Gasteiger partial charge >= 0.3 is 11.8 Å². The van der Waals surface area contributed by atoms with Crippen LogP contribution in [0.4, 0.5) is 11.4 Å². The molecular formula is C22H20N2O3. The van der Waals surface area contributed by atoms with Crippen molar-refractivity contribution in [3.8, 4) is 5.75 Å². The van der Waals surface area contributed by atoms with Crippen molar-refractivity contribution in [3.63, 3.8) is 0 Å². The number of hydrogen-bond donors (Lipinski definition) is 1. The summed E-state index contributed by atoms with van der Waals surface area (Å²) in [5, 5.41) is 9.41. The van der Waals surface area contributed by atoms with Crippen LogP contribution in [0.2, 0.25) is 0 Å². The van der Waals surface area contributed by atoms with Crippen LogP contribution in [0.3, 0.4) is 0 Å². The molecule has 136 valence electrons. The summed E-state index contributed by atoms with van der Waals surface area (Å²) >= 11 is 0. The van der Waals surface area contributed by atoms with Crippen LogP contribution in [0.5, 0.6) is 5.75 Å². The zero-order chi connectivity index (χ0) is 19.2. The highest BCUT2D eigenvalue weighted by Crippen LogP contribution is 2.21. The molecule has 0 aliphatic heterocycles. The van der Waals surface area contributed by atoms with Gasteiger partial charge in [0.25, 0.3) is 0 Å². The second-order valence-corrected chi connectivity index (χ2v) is 6.09. The van der Waals surface area contributed by atoms with Crippen molar-refractivity contribution < 1.29 is 14.7 Å². The first-order valence-electron chi connectivity index (χ1n) is 8.54. The highest BCUT2D eigenvalue weighted by Gasteiger charge is 2.27. The van der Waals surface area contributed by atoms with E-state index in [1.807, 2.05) is 48.5 Å². The Kier molecular flexibility index (Phi) is 5.52. The molecular weight excluding hydrogens is 340 g/mol. The number of nitrogens with zero attached hydrogens (tertiary/aromatic N) is 2. The van der Waals surface area contributed by atoms with E-state index < -0.39 is 11.8 Å². The van der Waals surface area contributed by atoms with E-state index in [-0.39, 0.29) is 5.75 Å². The molecule has 0 unspecified atom stereocenters. The van der Waals surface area contributed by atoms with Gasteiger partial charge < -0.3 is 10.0 Å². The lowest BCUT2D eigenvalue weighted by Crippen LogP contribution is -2.43. The monoisotopic (exact) mass is 360 g/mol. The summed E-state index contributed by atoms with van der Waals surface area (Å²) in [6.45, 7) is 0.291. The highest BCUT2D eigenvalue weighted by atomic mass is 16.3. The summed E-state index contributed by atoms with van der Waals surface area (Å²) in [6.07, 6.45) is 0. The van der Waals surface area contributed by atoms with E-state index in [4.69, 9.17) is 0 Å². The van der Waals surface area contributed by atoms with Crippen LogP contribution in [0.25, 0.3) is 0 Å². The lowest BCUT2D eigenvalue weighted by Gasteiger charge is -2.25. The second-order valence-electron chi connectivity index (χ2n) is 6.09. The van der Waals surface area contributed by atoms with Crippen molar-refractivity contribution in [1.82, 2.24) is 0 Å². The van der Waals surface area contributed by atoms with Crippen LogP contribution in [0.15, 0.2) is 84.9 Å². The topological polar surface area (TPSA) is 60.9 Å². The third kappa shape index (κ3) is 4.33. The molecule has 0 aliphatic rings. The molecule has 0 bridgehead atoms. The van der Waals surface area contributed by atoms with Gasteiger partial charge in [0.1, 0.15) is 5.75 Å². The van der Waals surface area contributed by atoms with Crippen LogP contribution in [-0.4, -0.2) is 24.0 Å². The van der Waals surface area contributed by atoms with Crippen molar-refractivity contribution in [2.75, 3.05) is 16.8 Å². The van der Waals surface area contributed by atoms with E-state index in [0.29, 0.717) is 17.9 Å². The molecule has 0 fully saturated rings. The number of para-hydroxylation sites is 1. The van der Waals surface area contributed by atoms with Crippen LogP contribution in [-0.2, 0) is 16.1 Å². The molecule has 0 heterocycles. The third-order valence-electron chi connectivity index (χ3n) is 4.22. The Labute approximate surface area is 158 Å². The molecule has 27 heavy (non-hydrogen) atoms. The Bertz CT molecular complexity index is 909. The average molecular weight is 360 g/mol. The summed E-state index contributed by atoms with van der Waals surface area (Å²) in [4.78, 5) is 28.6. The zero-order valence-electron chi connectivity index (χ0n) is 14.9. The number of carbonyl (C=O) groups is 2. The number of aromatic hydroxyl groups is 1.